The van der Waals surface area contributed by atoms with Crippen LogP contribution in [0.25, 0.3) is 0 Å². The summed E-state index contributed by atoms with van der Waals surface area (Å²) < 4.78 is 0. The second-order valence-corrected chi connectivity index (χ2v) is 5.84. The molecule has 0 bridgehead atoms. The maximum Gasteiger partial charge on any atom is 0.327 e. The van der Waals surface area contributed by atoms with Crippen LogP contribution in [0.4, 0.5) is 0 Å². The van der Waals surface area contributed by atoms with Crippen LogP contribution in [0.5, 0.6) is 0 Å². The predicted molar refractivity (Wildman–Crippen MR) is 86.9 cm³/mol. The van der Waals surface area contributed by atoms with Gasteiger partial charge in [0.1, 0.15) is 6.04 Å². The fraction of sp³-hybridized carbons (Fsp3) is 0.176. The minimum Gasteiger partial charge on any atom is -0.480 e. The fourth-order valence-electron chi connectivity index (χ4n) is 1.90. The largest absolute Gasteiger partial charge is 0.480 e. The predicted octanol–water partition coefficient (Wildman–Crippen LogP) is 2.59. The number of carbonyl (C=O) groups is 2. The third kappa shape index (κ3) is 5.26. The highest BCUT2D eigenvalue weighted by atomic mass is 32.2. The number of nitrogens with one attached hydrogen (secondary N) is 1. The molecule has 0 unspecified atom stereocenters. The molecule has 0 aliphatic heterocycles. The summed E-state index contributed by atoms with van der Waals surface area (Å²) in [5, 5.41) is 11.8. The Morgan fingerprint density at radius 2 is 1.59 bits per heavy atom. The monoisotopic (exact) mass is 315 g/mol. The molecule has 22 heavy (non-hydrogen) atoms. The van der Waals surface area contributed by atoms with Crippen molar-refractivity contribution >= 4 is 23.6 Å². The van der Waals surface area contributed by atoms with E-state index < -0.39 is 12.0 Å². The lowest BCUT2D eigenvalue weighted by Gasteiger charge is -2.14. The molecule has 2 rings (SSSR count). The van der Waals surface area contributed by atoms with Crippen LogP contribution < -0.4 is 5.32 Å². The summed E-state index contributed by atoms with van der Waals surface area (Å²) in [5.41, 5.74) is 0.861. The van der Waals surface area contributed by atoms with Crippen LogP contribution in [0.1, 0.15) is 5.56 Å². The minimum absolute atomic E-state index is 0.181. The second-order valence-electron chi connectivity index (χ2n) is 4.74. The van der Waals surface area contributed by atoms with Crippen molar-refractivity contribution in [2.75, 3.05) is 5.75 Å². The number of amides is 1. The van der Waals surface area contributed by atoms with E-state index in [9.17, 15) is 14.7 Å². The number of carbonyl (C=O) groups excluding carboxylic acids is 1. The average molecular weight is 315 g/mol. The van der Waals surface area contributed by atoms with Crippen LogP contribution >= 0.6 is 11.8 Å². The Morgan fingerprint density at radius 3 is 2.18 bits per heavy atom. The number of carboxylic acid groups (broad SMARTS) is 1. The van der Waals surface area contributed by atoms with Gasteiger partial charge in [-0.05, 0) is 17.7 Å². The smallest absolute Gasteiger partial charge is 0.327 e. The SMILES string of the molecule is O=C(Cc1ccccc1)N[C@@H](CSc1ccccc1)C(=O)O. The summed E-state index contributed by atoms with van der Waals surface area (Å²) in [7, 11) is 0. The third-order valence-electron chi connectivity index (χ3n) is 3.00. The lowest BCUT2D eigenvalue weighted by Crippen LogP contribution is -2.43. The summed E-state index contributed by atoms with van der Waals surface area (Å²) in [6.45, 7) is 0. The lowest BCUT2D eigenvalue weighted by atomic mass is 10.1. The number of hydrogen-bond acceptors (Lipinski definition) is 3. The molecule has 0 fully saturated rings. The van der Waals surface area contributed by atoms with Crippen molar-refractivity contribution in [3.05, 3.63) is 66.2 Å². The van der Waals surface area contributed by atoms with Gasteiger partial charge in [-0.1, -0.05) is 48.5 Å². The molecule has 2 N–H and O–H groups in total. The first-order valence-electron chi connectivity index (χ1n) is 6.89. The van der Waals surface area contributed by atoms with Gasteiger partial charge in [-0.15, -0.1) is 11.8 Å². The average Bonchev–Trinajstić information content (AvgIpc) is 2.53. The Hall–Kier alpha value is -2.27. The highest BCUT2D eigenvalue weighted by Gasteiger charge is 2.20. The van der Waals surface area contributed by atoms with Crippen LogP contribution in [0.2, 0.25) is 0 Å². The van der Waals surface area contributed by atoms with Crippen molar-refractivity contribution in [1.29, 1.82) is 0 Å². The number of thioether (sulfide) groups is 1. The van der Waals surface area contributed by atoms with E-state index in [0.717, 1.165) is 10.5 Å². The summed E-state index contributed by atoms with van der Waals surface area (Å²) in [6.07, 6.45) is 0.181. The van der Waals surface area contributed by atoms with Crippen molar-refractivity contribution in [1.82, 2.24) is 5.32 Å². The van der Waals surface area contributed by atoms with E-state index in [-0.39, 0.29) is 12.3 Å². The number of hydrogen-bond donors (Lipinski definition) is 2. The van der Waals surface area contributed by atoms with E-state index in [1.807, 2.05) is 60.7 Å². The van der Waals surface area contributed by atoms with Crippen molar-refractivity contribution in [2.45, 2.75) is 17.4 Å². The third-order valence-corrected chi connectivity index (χ3v) is 4.11. The maximum absolute atomic E-state index is 12.0. The van der Waals surface area contributed by atoms with Crippen LogP contribution in [0, 0.1) is 0 Å². The van der Waals surface area contributed by atoms with Gasteiger partial charge in [0, 0.05) is 10.6 Å². The molecule has 2 aromatic rings. The summed E-state index contributed by atoms with van der Waals surface area (Å²) in [6, 6.07) is 17.9. The van der Waals surface area contributed by atoms with Gasteiger partial charge in [-0.3, -0.25) is 4.79 Å². The summed E-state index contributed by atoms with van der Waals surface area (Å²) in [5.74, 6) is -1.02. The molecular formula is C17H17NO3S. The molecule has 0 saturated carbocycles. The van der Waals surface area contributed by atoms with Crippen LogP contribution in [-0.2, 0) is 16.0 Å². The van der Waals surface area contributed by atoms with Gasteiger partial charge >= 0.3 is 5.97 Å². The Balaban J connectivity index is 1.88. The van der Waals surface area contributed by atoms with Crippen molar-refractivity contribution < 1.29 is 14.7 Å². The van der Waals surface area contributed by atoms with Gasteiger partial charge in [0.15, 0.2) is 0 Å². The van der Waals surface area contributed by atoms with Crippen molar-refractivity contribution in [2.24, 2.45) is 0 Å². The Kier molecular flexibility index (Phi) is 6.03. The molecule has 0 radical (unpaired) electrons. The molecule has 0 heterocycles. The van der Waals surface area contributed by atoms with Gasteiger partial charge in [0.25, 0.3) is 0 Å². The van der Waals surface area contributed by atoms with E-state index in [0.29, 0.717) is 5.75 Å². The number of benzene rings is 2. The van der Waals surface area contributed by atoms with Crippen molar-refractivity contribution in [3.63, 3.8) is 0 Å². The molecular weight excluding hydrogens is 298 g/mol. The zero-order chi connectivity index (χ0) is 15.8. The minimum atomic E-state index is -1.02. The molecule has 4 nitrogen and oxygen atoms in total. The van der Waals surface area contributed by atoms with E-state index in [1.165, 1.54) is 11.8 Å². The maximum atomic E-state index is 12.0. The van der Waals surface area contributed by atoms with Crippen LogP contribution in [0.15, 0.2) is 65.6 Å². The Labute approximate surface area is 133 Å². The first kappa shape index (κ1) is 16.1. The van der Waals surface area contributed by atoms with E-state index in [4.69, 9.17) is 0 Å². The van der Waals surface area contributed by atoms with Gasteiger partial charge < -0.3 is 10.4 Å². The number of rotatable bonds is 7. The van der Waals surface area contributed by atoms with Gasteiger partial charge in [-0.25, -0.2) is 4.79 Å². The number of carboxylic acids is 1. The number of aliphatic carboxylic acids is 1. The molecule has 1 atom stereocenters. The van der Waals surface area contributed by atoms with E-state index in [2.05, 4.69) is 5.32 Å². The van der Waals surface area contributed by atoms with Crippen molar-refractivity contribution in [3.8, 4) is 0 Å². The second kappa shape index (κ2) is 8.24. The van der Waals surface area contributed by atoms with Gasteiger partial charge in [0.05, 0.1) is 6.42 Å². The normalized spacial score (nSPS) is 11.6. The Morgan fingerprint density at radius 1 is 1.00 bits per heavy atom. The van der Waals surface area contributed by atoms with Crippen LogP contribution in [-0.4, -0.2) is 28.8 Å². The molecule has 114 valence electrons. The quantitative estimate of drug-likeness (QED) is 0.771. The molecule has 5 heteroatoms. The first-order chi connectivity index (χ1) is 10.6. The van der Waals surface area contributed by atoms with Crippen LogP contribution in [0.3, 0.4) is 0 Å². The molecule has 0 aliphatic carbocycles. The standard InChI is InChI=1S/C17H17NO3S/c19-16(11-13-7-3-1-4-8-13)18-15(17(20)21)12-22-14-9-5-2-6-10-14/h1-10,15H,11-12H2,(H,18,19)(H,20,21)/t15-/m0/s1. The molecule has 2 aromatic carbocycles. The zero-order valence-corrected chi connectivity index (χ0v) is 12.8. The highest BCUT2D eigenvalue weighted by Crippen LogP contribution is 2.18. The Bertz CT molecular complexity index is 616. The van der Waals surface area contributed by atoms with E-state index in [1.54, 1.807) is 0 Å². The molecule has 0 aliphatic rings. The summed E-state index contributed by atoms with van der Waals surface area (Å²) >= 11 is 1.41. The molecule has 0 spiro atoms. The topological polar surface area (TPSA) is 66.4 Å². The fourth-order valence-corrected chi connectivity index (χ4v) is 2.83. The molecule has 0 saturated heterocycles. The lowest BCUT2D eigenvalue weighted by molar-refractivity contribution is -0.141. The highest BCUT2D eigenvalue weighted by molar-refractivity contribution is 7.99. The molecule has 1 amide bonds. The summed E-state index contributed by atoms with van der Waals surface area (Å²) in [4.78, 5) is 24.2. The zero-order valence-electron chi connectivity index (χ0n) is 11.9. The first-order valence-corrected chi connectivity index (χ1v) is 7.87. The van der Waals surface area contributed by atoms with E-state index >= 15 is 0 Å². The van der Waals surface area contributed by atoms with Gasteiger partial charge in [0.2, 0.25) is 5.91 Å². The van der Waals surface area contributed by atoms with Gasteiger partial charge in [-0.2, -0.15) is 0 Å². The molecule has 0 aromatic heterocycles.